The third-order valence-corrected chi connectivity index (χ3v) is 6.08. The summed E-state index contributed by atoms with van der Waals surface area (Å²) in [6, 6.07) is 5.91. The van der Waals surface area contributed by atoms with Crippen LogP contribution in [-0.4, -0.2) is 68.5 Å². The number of fused-ring (bicyclic) bond motifs is 1. The molecular formula is C22H27N5O4. The number of carbonyl (C=O) groups excluding carboxylic acids is 2. The molecule has 0 bridgehead atoms. The molecule has 0 atom stereocenters. The third kappa shape index (κ3) is 3.96. The molecule has 0 N–H and O–H groups in total. The van der Waals surface area contributed by atoms with Gasteiger partial charge in [-0.2, -0.15) is 0 Å². The van der Waals surface area contributed by atoms with Gasteiger partial charge in [-0.3, -0.25) is 9.59 Å². The fraction of sp³-hybridized carbons (Fsp3) is 0.545. The Morgan fingerprint density at radius 3 is 2.94 bits per heavy atom. The summed E-state index contributed by atoms with van der Waals surface area (Å²) in [4.78, 5) is 27.9. The standard InChI is InChI=1S/C22H27N5O4/c1-22(2)9-15-5-3-6-18(21(15)31-22)30-14-20(29)26-12-17(13-26)27-11-16(23-24-27)10-25-8-4-7-19(25)28/h3,5-6,11,17H,4,7-10,12-14H2,1-2H3. The highest BCUT2D eigenvalue weighted by molar-refractivity contribution is 5.79. The molecule has 0 spiro atoms. The third-order valence-electron chi connectivity index (χ3n) is 6.08. The predicted octanol–water partition coefficient (Wildman–Crippen LogP) is 1.58. The van der Waals surface area contributed by atoms with Crippen molar-refractivity contribution in [3.05, 3.63) is 35.7 Å². The maximum atomic E-state index is 12.5. The first kappa shape index (κ1) is 19.8. The van der Waals surface area contributed by atoms with Crippen LogP contribution in [0.4, 0.5) is 0 Å². The van der Waals surface area contributed by atoms with E-state index in [0.29, 0.717) is 31.8 Å². The van der Waals surface area contributed by atoms with E-state index in [4.69, 9.17) is 9.47 Å². The SMILES string of the molecule is CC1(C)Cc2cccc(OCC(=O)N3CC(n4cc(CN5CCCC5=O)nn4)C3)c2O1. The molecule has 164 valence electrons. The molecule has 1 aromatic heterocycles. The summed E-state index contributed by atoms with van der Waals surface area (Å²) in [5, 5.41) is 8.37. The van der Waals surface area contributed by atoms with Gasteiger partial charge in [0.1, 0.15) is 11.3 Å². The van der Waals surface area contributed by atoms with Crippen LogP contribution in [0.3, 0.4) is 0 Å². The van der Waals surface area contributed by atoms with Crippen molar-refractivity contribution in [2.45, 2.75) is 51.3 Å². The monoisotopic (exact) mass is 425 g/mol. The molecule has 0 saturated carbocycles. The number of ether oxygens (including phenoxy) is 2. The van der Waals surface area contributed by atoms with Crippen molar-refractivity contribution < 1.29 is 19.1 Å². The van der Waals surface area contributed by atoms with E-state index in [1.807, 2.05) is 43.1 Å². The van der Waals surface area contributed by atoms with Crippen LogP contribution in [0.15, 0.2) is 24.4 Å². The van der Waals surface area contributed by atoms with Crippen molar-refractivity contribution in [2.75, 3.05) is 26.2 Å². The minimum atomic E-state index is -0.255. The van der Waals surface area contributed by atoms with E-state index < -0.39 is 0 Å². The molecule has 2 fully saturated rings. The smallest absolute Gasteiger partial charge is 0.260 e. The quantitative estimate of drug-likeness (QED) is 0.698. The first-order valence-corrected chi connectivity index (χ1v) is 10.8. The van der Waals surface area contributed by atoms with Gasteiger partial charge in [0.25, 0.3) is 5.91 Å². The lowest BCUT2D eigenvalue weighted by molar-refractivity contribution is -0.139. The van der Waals surface area contributed by atoms with Gasteiger partial charge >= 0.3 is 0 Å². The minimum absolute atomic E-state index is 0.0212. The van der Waals surface area contributed by atoms with E-state index in [9.17, 15) is 9.59 Å². The van der Waals surface area contributed by atoms with Crippen molar-refractivity contribution >= 4 is 11.8 Å². The van der Waals surface area contributed by atoms with Gasteiger partial charge in [0.05, 0.1) is 18.8 Å². The summed E-state index contributed by atoms with van der Waals surface area (Å²) in [6.45, 7) is 6.50. The van der Waals surface area contributed by atoms with Crippen molar-refractivity contribution in [2.24, 2.45) is 0 Å². The fourth-order valence-corrected chi connectivity index (χ4v) is 4.39. The molecule has 5 rings (SSSR count). The molecule has 0 aliphatic carbocycles. The van der Waals surface area contributed by atoms with Gasteiger partial charge < -0.3 is 19.3 Å². The number of benzene rings is 1. The van der Waals surface area contributed by atoms with Crippen molar-refractivity contribution in [1.82, 2.24) is 24.8 Å². The molecule has 9 nitrogen and oxygen atoms in total. The fourth-order valence-electron chi connectivity index (χ4n) is 4.39. The first-order valence-electron chi connectivity index (χ1n) is 10.8. The lowest BCUT2D eigenvalue weighted by Crippen LogP contribution is -2.52. The van der Waals surface area contributed by atoms with Crippen LogP contribution in [0.25, 0.3) is 0 Å². The molecule has 3 aliphatic heterocycles. The number of aromatic nitrogens is 3. The number of carbonyl (C=O) groups is 2. The maximum absolute atomic E-state index is 12.5. The van der Waals surface area contributed by atoms with E-state index in [0.717, 1.165) is 36.4 Å². The van der Waals surface area contributed by atoms with Crippen LogP contribution in [-0.2, 0) is 22.6 Å². The topological polar surface area (TPSA) is 89.8 Å². The Labute approximate surface area is 180 Å². The Balaban J connectivity index is 1.12. The number of para-hydroxylation sites is 1. The zero-order valence-corrected chi connectivity index (χ0v) is 17.9. The molecule has 0 unspecified atom stereocenters. The Hall–Kier alpha value is -3.10. The Morgan fingerprint density at radius 2 is 2.16 bits per heavy atom. The molecule has 2 amide bonds. The van der Waals surface area contributed by atoms with Crippen LogP contribution in [0.5, 0.6) is 11.5 Å². The summed E-state index contributed by atoms with van der Waals surface area (Å²) in [7, 11) is 0. The molecule has 2 saturated heterocycles. The Kier molecular flexibility index (Phi) is 4.83. The average Bonchev–Trinajstić information content (AvgIpc) is 3.38. The number of hydrogen-bond donors (Lipinski definition) is 0. The average molecular weight is 425 g/mol. The lowest BCUT2D eigenvalue weighted by Gasteiger charge is -2.38. The number of amides is 2. The number of rotatable bonds is 6. The minimum Gasteiger partial charge on any atom is -0.483 e. The normalized spacial score (nSPS) is 19.9. The summed E-state index contributed by atoms with van der Waals surface area (Å²) < 4.78 is 13.6. The summed E-state index contributed by atoms with van der Waals surface area (Å²) in [5.41, 5.74) is 1.63. The van der Waals surface area contributed by atoms with Crippen LogP contribution in [0.1, 0.15) is 44.0 Å². The number of likely N-dealkylation sites (tertiary alicyclic amines) is 2. The summed E-state index contributed by atoms with van der Waals surface area (Å²) >= 11 is 0. The summed E-state index contributed by atoms with van der Waals surface area (Å²) in [5.74, 6) is 1.47. The molecular weight excluding hydrogens is 398 g/mol. The predicted molar refractivity (Wildman–Crippen MR) is 111 cm³/mol. The van der Waals surface area contributed by atoms with Gasteiger partial charge in [-0.05, 0) is 26.3 Å². The number of hydrogen-bond acceptors (Lipinski definition) is 6. The molecule has 0 radical (unpaired) electrons. The van der Waals surface area contributed by atoms with E-state index in [1.165, 1.54) is 0 Å². The summed E-state index contributed by atoms with van der Waals surface area (Å²) in [6.07, 6.45) is 4.23. The largest absolute Gasteiger partial charge is 0.483 e. The van der Waals surface area contributed by atoms with Gasteiger partial charge in [0, 0.05) is 38.0 Å². The molecule has 9 heteroatoms. The molecule has 1 aromatic carbocycles. The molecule has 3 aliphatic rings. The van der Waals surface area contributed by atoms with E-state index in [1.54, 1.807) is 9.58 Å². The zero-order valence-electron chi connectivity index (χ0n) is 17.9. The van der Waals surface area contributed by atoms with Crippen LogP contribution >= 0.6 is 0 Å². The Bertz CT molecular complexity index is 1010. The van der Waals surface area contributed by atoms with E-state index >= 15 is 0 Å². The Morgan fingerprint density at radius 1 is 1.32 bits per heavy atom. The van der Waals surface area contributed by atoms with Crippen LogP contribution < -0.4 is 9.47 Å². The highest BCUT2D eigenvalue weighted by Gasteiger charge is 2.35. The molecule has 2 aromatic rings. The van der Waals surface area contributed by atoms with Crippen molar-refractivity contribution in [3.8, 4) is 11.5 Å². The maximum Gasteiger partial charge on any atom is 0.260 e. The van der Waals surface area contributed by atoms with E-state index in [2.05, 4.69) is 10.3 Å². The van der Waals surface area contributed by atoms with Gasteiger partial charge in [0.2, 0.25) is 5.91 Å². The van der Waals surface area contributed by atoms with Crippen LogP contribution in [0.2, 0.25) is 0 Å². The lowest BCUT2D eigenvalue weighted by atomic mass is 10.0. The second-order valence-corrected chi connectivity index (χ2v) is 9.13. The van der Waals surface area contributed by atoms with Gasteiger partial charge in [-0.15, -0.1) is 5.10 Å². The van der Waals surface area contributed by atoms with Crippen molar-refractivity contribution in [3.63, 3.8) is 0 Å². The van der Waals surface area contributed by atoms with Crippen LogP contribution in [0, 0.1) is 0 Å². The van der Waals surface area contributed by atoms with Gasteiger partial charge in [-0.25, -0.2) is 4.68 Å². The highest BCUT2D eigenvalue weighted by atomic mass is 16.5. The first-order chi connectivity index (χ1) is 14.9. The van der Waals surface area contributed by atoms with Gasteiger partial charge in [-0.1, -0.05) is 17.3 Å². The second kappa shape index (κ2) is 7.55. The molecule has 4 heterocycles. The second-order valence-electron chi connectivity index (χ2n) is 9.13. The number of nitrogens with zero attached hydrogens (tertiary/aromatic N) is 5. The zero-order chi connectivity index (χ0) is 21.6. The van der Waals surface area contributed by atoms with Gasteiger partial charge in [0.15, 0.2) is 18.1 Å². The highest BCUT2D eigenvalue weighted by Crippen LogP contribution is 2.41. The van der Waals surface area contributed by atoms with Crippen molar-refractivity contribution in [1.29, 1.82) is 0 Å². The molecule has 31 heavy (non-hydrogen) atoms. The van der Waals surface area contributed by atoms with E-state index in [-0.39, 0.29) is 30.1 Å².